The van der Waals surface area contributed by atoms with E-state index in [0.717, 1.165) is 13.0 Å². The van der Waals surface area contributed by atoms with E-state index in [4.69, 9.17) is 4.74 Å². The third-order valence-corrected chi connectivity index (χ3v) is 2.03. The predicted octanol–water partition coefficient (Wildman–Crippen LogP) is -0.707. The van der Waals surface area contributed by atoms with Crippen LogP contribution in [0.5, 0.6) is 0 Å². The lowest BCUT2D eigenvalue weighted by atomic mass is 10.2. The largest absolute Gasteiger partial charge is 0.367 e. The molecule has 0 aromatic heterocycles. The maximum atomic E-state index is 9.20. The molecule has 1 aliphatic heterocycles. The van der Waals surface area contributed by atoms with Crippen LogP contribution in [0.15, 0.2) is 0 Å². The predicted molar refractivity (Wildman–Crippen MR) is 46.9 cm³/mol. The van der Waals surface area contributed by atoms with Gasteiger partial charge >= 0.3 is 0 Å². The Balaban J connectivity index is 1.99. The Morgan fingerprint density at radius 1 is 1.75 bits per heavy atom. The van der Waals surface area contributed by atoms with Crippen molar-refractivity contribution < 1.29 is 9.84 Å². The van der Waals surface area contributed by atoms with E-state index in [2.05, 4.69) is 10.6 Å². The fraction of sp³-hybridized carbons (Fsp3) is 1.00. The van der Waals surface area contributed by atoms with E-state index < -0.39 is 6.29 Å². The summed E-state index contributed by atoms with van der Waals surface area (Å²) in [5.41, 5.74) is 0. The summed E-state index contributed by atoms with van der Waals surface area (Å²) in [5.74, 6) is 0. The van der Waals surface area contributed by atoms with Gasteiger partial charge in [-0.3, -0.25) is 0 Å². The van der Waals surface area contributed by atoms with Crippen LogP contribution in [0.2, 0.25) is 0 Å². The van der Waals surface area contributed by atoms with Gasteiger partial charge in [0.1, 0.15) is 0 Å². The number of ether oxygens (including phenoxy) is 1. The molecule has 1 rings (SSSR count). The Morgan fingerprint density at radius 3 is 3.17 bits per heavy atom. The minimum atomic E-state index is -0.669. The average Bonchev–Trinajstić information content (AvgIpc) is 2.53. The zero-order chi connectivity index (χ0) is 8.81. The highest BCUT2D eigenvalue weighted by Crippen LogP contribution is 2.05. The van der Waals surface area contributed by atoms with E-state index in [-0.39, 0.29) is 0 Å². The molecule has 0 aliphatic carbocycles. The second kappa shape index (κ2) is 5.48. The van der Waals surface area contributed by atoms with Gasteiger partial charge in [-0.2, -0.15) is 0 Å². The molecule has 0 radical (unpaired) electrons. The molecule has 4 nitrogen and oxygen atoms in total. The highest BCUT2D eigenvalue weighted by Gasteiger charge is 2.15. The summed E-state index contributed by atoms with van der Waals surface area (Å²) >= 11 is 0. The highest BCUT2D eigenvalue weighted by atomic mass is 16.6. The SMILES string of the molecule is CNCC(O)OC[C@H]1CCCN1. The Kier molecular flexibility index (Phi) is 4.53. The van der Waals surface area contributed by atoms with Gasteiger partial charge in [0.15, 0.2) is 6.29 Å². The molecule has 1 unspecified atom stereocenters. The van der Waals surface area contributed by atoms with Gasteiger partial charge in [0, 0.05) is 12.6 Å². The molecule has 1 saturated heterocycles. The van der Waals surface area contributed by atoms with Crippen molar-refractivity contribution in [3.8, 4) is 0 Å². The number of aliphatic hydroxyl groups is 1. The maximum Gasteiger partial charge on any atom is 0.167 e. The van der Waals surface area contributed by atoms with Gasteiger partial charge in [-0.15, -0.1) is 0 Å². The average molecular weight is 174 g/mol. The lowest BCUT2D eigenvalue weighted by Crippen LogP contribution is -2.33. The first-order valence-corrected chi connectivity index (χ1v) is 4.50. The molecular formula is C8H18N2O2. The molecular weight excluding hydrogens is 156 g/mol. The van der Waals surface area contributed by atoms with Crippen LogP contribution >= 0.6 is 0 Å². The Labute approximate surface area is 73.3 Å². The maximum absolute atomic E-state index is 9.20. The van der Waals surface area contributed by atoms with Crippen LogP contribution in [0.1, 0.15) is 12.8 Å². The minimum Gasteiger partial charge on any atom is -0.367 e. The summed E-state index contributed by atoms with van der Waals surface area (Å²) in [6, 6.07) is 0.441. The first-order valence-electron chi connectivity index (χ1n) is 4.50. The molecule has 12 heavy (non-hydrogen) atoms. The van der Waals surface area contributed by atoms with Crippen LogP contribution in [-0.4, -0.2) is 44.2 Å². The Hall–Kier alpha value is -0.160. The fourth-order valence-electron chi connectivity index (χ4n) is 1.36. The summed E-state index contributed by atoms with van der Waals surface area (Å²) < 4.78 is 5.20. The molecule has 0 bridgehead atoms. The van der Waals surface area contributed by atoms with Gasteiger partial charge in [0.2, 0.25) is 0 Å². The normalized spacial score (nSPS) is 26.0. The third-order valence-electron chi connectivity index (χ3n) is 2.03. The first kappa shape index (κ1) is 9.92. The second-order valence-electron chi connectivity index (χ2n) is 3.14. The van der Waals surface area contributed by atoms with Crippen molar-refractivity contribution in [2.75, 3.05) is 26.7 Å². The van der Waals surface area contributed by atoms with Crippen molar-refractivity contribution in [1.82, 2.24) is 10.6 Å². The molecule has 0 amide bonds. The molecule has 0 saturated carbocycles. The van der Waals surface area contributed by atoms with E-state index in [0.29, 0.717) is 19.2 Å². The van der Waals surface area contributed by atoms with Gasteiger partial charge in [0.05, 0.1) is 6.61 Å². The molecule has 72 valence electrons. The van der Waals surface area contributed by atoms with Crippen molar-refractivity contribution in [2.24, 2.45) is 0 Å². The number of nitrogens with one attached hydrogen (secondary N) is 2. The van der Waals surface area contributed by atoms with Crippen molar-refractivity contribution in [3.63, 3.8) is 0 Å². The van der Waals surface area contributed by atoms with Crippen molar-refractivity contribution in [2.45, 2.75) is 25.2 Å². The summed E-state index contributed by atoms with van der Waals surface area (Å²) in [6.07, 6.45) is 1.71. The fourth-order valence-corrected chi connectivity index (χ4v) is 1.36. The summed E-state index contributed by atoms with van der Waals surface area (Å²) in [6.45, 7) is 2.19. The van der Waals surface area contributed by atoms with Crippen molar-refractivity contribution in [1.29, 1.82) is 0 Å². The Morgan fingerprint density at radius 2 is 2.58 bits per heavy atom. The zero-order valence-electron chi connectivity index (χ0n) is 7.55. The first-order chi connectivity index (χ1) is 5.83. The standard InChI is InChI=1S/C8H18N2O2/c1-9-5-8(11)12-6-7-3-2-4-10-7/h7-11H,2-6H2,1H3/t7-,8?/m1/s1. The van der Waals surface area contributed by atoms with Crippen molar-refractivity contribution in [3.05, 3.63) is 0 Å². The molecule has 0 aromatic rings. The summed E-state index contributed by atoms with van der Waals surface area (Å²) in [5, 5.41) is 15.3. The quantitative estimate of drug-likeness (QED) is 0.482. The second-order valence-corrected chi connectivity index (χ2v) is 3.14. The number of hydrogen-bond donors (Lipinski definition) is 3. The summed E-state index contributed by atoms with van der Waals surface area (Å²) in [4.78, 5) is 0. The van der Waals surface area contributed by atoms with Gasteiger partial charge in [0.25, 0.3) is 0 Å². The number of rotatable bonds is 5. The lowest BCUT2D eigenvalue weighted by molar-refractivity contribution is -0.0998. The van der Waals surface area contributed by atoms with Crippen LogP contribution in [0.4, 0.5) is 0 Å². The van der Waals surface area contributed by atoms with E-state index in [1.165, 1.54) is 6.42 Å². The summed E-state index contributed by atoms with van der Waals surface area (Å²) in [7, 11) is 1.79. The van der Waals surface area contributed by atoms with Gasteiger partial charge in [-0.1, -0.05) is 0 Å². The Bertz CT molecular complexity index is 116. The number of aliphatic hydroxyl groups excluding tert-OH is 1. The zero-order valence-corrected chi connectivity index (χ0v) is 7.55. The van der Waals surface area contributed by atoms with Gasteiger partial charge < -0.3 is 20.5 Å². The van der Waals surface area contributed by atoms with E-state index in [9.17, 15) is 5.11 Å². The highest BCUT2D eigenvalue weighted by molar-refractivity contribution is 4.73. The van der Waals surface area contributed by atoms with Gasteiger partial charge in [-0.25, -0.2) is 0 Å². The molecule has 3 N–H and O–H groups in total. The molecule has 1 heterocycles. The number of likely N-dealkylation sites (N-methyl/N-ethyl adjacent to an activating group) is 1. The van der Waals surface area contributed by atoms with Gasteiger partial charge in [-0.05, 0) is 26.4 Å². The molecule has 1 aliphatic rings. The third kappa shape index (κ3) is 3.49. The van der Waals surface area contributed by atoms with Crippen LogP contribution in [-0.2, 0) is 4.74 Å². The van der Waals surface area contributed by atoms with E-state index >= 15 is 0 Å². The molecule has 4 heteroatoms. The number of hydrogen-bond acceptors (Lipinski definition) is 4. The molecule has 0 aromatic carbocycles. The van der Waals surface area contributed by atoms with Crippen molar-refractivity contribution >= 4 is 0 Å². The lowest BCUT2D eigenvalue weighted by Gasteiger charge is -2.15. The molecule has 2 atom stereocenters. The van der Waals surface area contributed by atoms with Crippen LogP contribution in [0, 0.1) is 0 Å². The van der Waals surface area contributed by atoms with Crippen LogP contribution in [0.25, 0.3) is 0 Å². The van der Waals surface area contributed by atoms with E-state index in [1.54, 1.807) is 7.05 Å². The minimum absolute atomic E-state index is 0.441. The van der Waals surface area contributed by atoms with Crippen LogP contribution < -0.4 is 10.6 Å². The topological polar surface area (TPSA) is 53.5 Å². The van der Waals surface area contributed by atoms with E-state index in [1.807, 2.05) is 0 Å². The monoisotopic (exact) mass is 174 g/mol. The smallest absolute Gasteiger partial charge is 0.167 e. The van der Waals surface area contributed by atoms with Crippen LogP contribution in [0.3, 0.4) is 0 Å². The molecule has 1 fully saturated rings. The molecule has 0 spiro atoms.